The lowest BCUT2D eigenvalue weighted by atomic mass is 9.98. The van der Waals surface area contributed by atoms with E-state index in [1.165, 1.54) is 17.4 Å². The molecule has 1 aromatic heterocycles. The van der Waals surface area contributed by atoms with E-state index in [0.717, 1.165) is 31.5 Å². The number of nitrogens with one attached hydrogen (secondary N) is 2. The zero-order valence-corrected chi connectivity index (χ0v) is 19.0. The highest BCUT2D eigenvalue weighted by Crippen LogP contribution is 2.21. The fourth-order valence-corrected chi connectivity index (χ4v) is 4.40. The van der Waals surface area contributed by atoms with Crippen LogP contribution < -0.4 is 10.6 Å². The predicted molar refractivity (Wildman–Crippen MR) is 128 cm³/mol. The van der Waals surface area contributed by atoms with Gasteiger partial charge in [0.2, 0.25) is 5.91 Å². The second-order valence-electron chi connectivity index (χ2n) is 8.49. The minimum atomic E-state index is -0.690. The van der Waals surface area contributed by atoms with Gasteiger partial charge in [0.1, 0.15) is 6.04 Å². The van der Waals surface area contributed by atoms with Gasteiger partial charge in [0, 0.05) is 32.1 Å². The van der Waals surface area contributed by atoms with E-state index in [2.05, 4.69) is 46.7 Å². The van der Waals surface area contributed by atoms with E-state index in [-0.39, 0.29) is 17.7 Å². The van der Waals surface area contributed by atoms with E-state index >= 15 is 0 Å². The minimum absolute atomic E-state index is 0.186. The summed E-state index contributed by atoms with van der Waals surface area (Å²) in [6, 6.07) is 21.1. The van der Waals surface area contributed by atoms with Gasteiger partial charge in [0.05, 0.1) is 6.26 Å². The molecule has 2 unspecified atom stereocenters. The molecule has 0 bridgehead atoms. The molecule has 0 spiro atoms. The number of carbonyl (C=O) groups excluding carboxylic acids is 2. The largest absolute Gasteiger partial charge is 0.459 e. The van der Waals surface area contributed by atoms with Gasteiger partial charge < -0.3 is 15.1 Å². The summed E-state index contributed by atoms with van der Waals surface area (Å²) < 4.78 is 5.20. The van der Waals surface area contributed by atoms with Crippen LogP contribution in [0.15, 0.2) is 77.4 Å². The quantitative estimate of drug-likeness (QED) is 0.528. The van der Waals surface area contributed by atoms with Crippen LogP contribution in [-0.2, 0) is 24.2 Å². The van der Waals surface area contributed by atoms with Gasteiger partial charge in [-0.1, -0.05) is 61.5 Å². The van der Waals surface area contributed by atoms with Crippen LogP contribution in [0.2, 0.25) is 0 Å². The Morgan fingerprint density at radius 3 is 2.48 bits per heavy atom. The summed E-state index contributed by atoms with van der Waals surface area (Å²) in [4.78, 5) is 28.2. The molecule has 0 aliphatic carbocycles. The molecule has 4 rings (SSSR count). The summed E-state index contributed by atoms with van der Waals surface area (Å²) in [6.07, 6.45) is 3.82. The molecule has 6 nitrogen and oxygen atoms in total. The number of hydrogen-bond acceptors (Lipinski definition) is 4. The first-order valence-electron chi connectivity index (χ1n) is 11.6. The number of rotatable bonds is 9. The van der Waals surface area contributed by atoms with Gasteiger partial charge in [-0.05, 0) is 41.7 Å². The summed E-state index contributed by atoms with van der Waals surface area (Å²) >= 11 is 0. The Balaban J connectivity index is 1.40. The lowest BCUT2D eigenvalue weighted by molar-refractivity contribution is -0.123. The molecule has 0 radical (unpaired) electrons. The molecule has 0 saturated heterocycles. The average Bonchev–Trinajstić information content (AvgIpc) is 3.40. The second kappa shape index (κ2) is 11.0. The van der Waals surface area contributed by atoms with Gasteiger partial charge in [-0.2, -0.15) is 0 Å². The zero-order valence-electron chi connectivity index (χ0n) is 19.0. The van der Waals surface area contributed by atoms with Crippen molar-refractivity contribution in [2.75, 3.05) is 13.1 Å². The minimum Gasteiger partial charge on any atom is -0.459 e. The molecule has 0 saturated carbocycles. The van der Waals surface area contributed by atoms with E-state index < -0.39 is 11.9 Å². The molecule has 2 aromatic carbocycles. The third-order valence-corrected chi connectivity index (χ3v) is 6.31. The van der Waals surface area contributed by atoms with E-state index in [0.29, 0.717) is 13.0 Å². The Morgan fingerprint density at radius 2 is 1.76 bits per heavy atom. The van der Waals surface area contributed by atoms with Crippen molar-refractivity contribution in [1.82, 2.24) is 15.5 Å². The third-order valence-electron chi connectivity index (χ3n) is 6.31. The Hall–Kier alpha value is -3.38. The molecular formula is C27H31N3O3. The number of carbonyl (C=O) groups is 2. The Labute approximate surface area is 195 Å². The first kappa shape index (κ1) is 22.8. The number of furan rings is 1. The van der Waals surface area contributed by atoms with Gasteiger partial charge in [0.15, 0.2) is 5.76 Å². The van der Waals surface area contributed by atoms with Crippen molar-refractivity contribution in [3.05, 3.63) is 95.4 Å². The van der Waals surface area contributed by atoms with E-state index in [1.54, 1.807) is 12.1 Å². The Morgan fingerprint density at radius 1 is 1.00 bits per heavy atom. The first-order chi connectivity index (χ1) is 16.1. The maximum Gasteiger partial charge on any atom is 0.287 e. The van der Waals surface area contributed by atoms with Crippen LogP contribution in [0, 0.1) is 0 Å². The van der Waals surface area contributed by atoms with Gasteiger partial charge in [-0.25, -0.2) is 0 Å². The molecule has 1 aliphatic rings. The molecule has 6 heteroatoms. The molecule has 1 aliphatic heterocycles. The monoisotopic (exact) mass is 445 g/mol. The molecule has 2 N–H and O–H groups in total. The Bertz CT molecular complexity index is 1050. The van der Waals surface area contributed by atoms with Crippen molar-refractivity contribution in [2.45, 2.75) is 44.8 Å². The van der Waals surface area contributed by atoms with Crippen LogP contribution in [0.25, 0.3) is 0 Å². The van der Waals surface area contributed by atoms with Gasteiger partial charge in [-0.15, -0.1) is 0 Å². The molecule has 3 aromatic rings. The number of nitrogens with zero attached hydrogens (tertiary/aromatic N) is 1. The highest BCUT2D eigenvalue weighted by atomic mass is 16.3. The maximum atomic E-state index is 13.2. The standard InChI is InChI=1S/C27H31N3O3/c1-2-23(30-15-14-21-11-6-7-12-22(21)19-30)18-28-26(31)24(17-20-9-4-3-5-10-20)29-27(32)25-13-8-16-33-25/h3-13,16,23-24H,2,14-15,17-19H2,1H3,(H,28,31)(H,29,32). The molecule has 0 fully saturated rings. The summed E-state index contributed by atoms with van der Waals surface area (Å²) in [6.45, 7) is 4.57. The fourth-order valence-electron chi connectivity index (χ4n) is 4.40. The summed E-state index contributed by atoms with van der Waals surface area (Å²) in [7, 11) is 0. The summed E-state index contributed by atoms with van der Waals surface area (Å²) in [5.41, 5.74) is 3.76. The molecule has 2 amide bonds. The normalized spacial score (nSPS) is 15.3. The number of benzene rings is 2. The van der Waals surface area contributed by atoms with E-state index in [1.807, 2.05) is 30.3 Å². The summed E-state index contributed by atoms with van der Waals surface area (Å²) in [5.74, 6) is -0.385. The topological polar surface area (TPSA) is 74.6 Å². The SMILES string of the molecule is CCC(CNC(=O)C(Cc1ccccc1)NC(=O)c1ccco1)N1CCc2ccccc2C1. The van der Waals surface area contributed by atoms with Crippen molar-refractivity contribution in [1.29, 1.82) is 0 Å². The number of fused-ring (bicyclic) bond motifs is 1. The first-order valence-corrected chi connectivity index (χ1v) is 11.6. The third kappa shape index (κ3) is 5.90. The second-order valence-corrected chi connectivity index (χ2v) is 8.49. The van der Waals surface area contributed by atoms with Crippen LogP contribution in [0.3, 0.4) is 0 Å². The smallest absolute Gasteiger partial charge is 0.287 e. The fraction of sp³-hybridized carbons (Fsp3) is 0.333. The predicted octanol–water partition coefficient (Wildman–Crippen LogP) is 3.57. The van der Waals surface area contributed by atoms with Crippen LogP contribution in [0.4, 0.5) is 0 Å². The Kier molecular flexibility index (Phi) is 7.58. The molecule has 33 heavy (non-hydrogen) atoms. The highest BCUT2D eigenvalue weighted by molar-refractivity contribution is 5.95. The van der Waals surface area contributed by atoms with Crippen molar-refractivity contribution in [3.8, 4) is 0 Å². The molecule has 2 atom stereocenters. The van der Waals surface area contributed by atoms with Crippen molar-refractivity contribution in [2.24, 2.45) is 0 Å². The average molecular weight is 446 g/mol. The highest BCUT2D eigenvalue weighted by Gasteiger charge is 2.26. The molecular weight excluding hydrogens is 414 g/mol. The molecule has 172 valence electrons. The van der Waals surface area contributed by atoms with Crippen LogP contribution in [0.5, 0.6) is 0 Å². The molecule has 2 heterocycles. The van der Waals surface area contributed by atoms with Crippen molar-refractivity contribution in [3.63, 3.8) is 0 Å². The van der Waals surface area contributed by atoms with Gasteiger partial charge >= 0.3 is 0 Å². The number of amides is 2. The lowest BCUT2D eigenvalue weighted by Crippen LogP contribution is -2.52. The number of hydrogen-bond donors (Lipinski definition) is 2. The summed E-state index contributed by atoms with van der Waals surface area (Å²) in [5, 5.41) is 5.94. The van der Waals surface area contributed by atoms with E-state index in [4.69, 9.17) is 4.42 Å². The van der Waals surface area contributed by atoms with Gasteiger partial charge in [0.25, 0.3) is 5.91 Å². The zero-order chi connectivity index (χ0) is 23.0. The van der Waals surface area contributed by atoms with Crippen molar-refractivity contribution < 1.29 is 14.0 Å². The van der Waals surface area contributed by atoms with Crippen LogP contribution in [0.1, 0.15) is 40.6 Å². The van der Waals surface area contributed by atoms with Crippen LogP contribution >= 0.6 is 0 Å². The van der Waals surface area contributed by atoms with Crippen molar-refractivity contribution >= 4 is 11.8 Å². The maximum absolute atomic E-state index is 13.2. The van der Waals surface area contributed by atoms with Gasteiger partial charge in [-0.3, -0.25) is 14.5 Å². The lowest BCUT2D eigenvalue weighted by Gasteiger charge is -2.35. The van der Waals surface area contributed by atoms with E-state index in [9.17, 15) is 9.59 Å². The van der Waals surface area contributed by atoms with Crippen LogP contribution in [-0.4, -0.2) is 41.9 Å².